The molecule has 0 unspecified atom stereocenters. The number of allylic oxidation sites excluding steroid dienone is 2. The van der Waals surface area contributed by atoms with E-state index in [1.807, 2.05) is 6.92 Å². The van der Waals surface area contributed by atoms with Crippen LogP contribution in [0.2, 0.25) is 0 Å². The lowest BCUT2D eigenvalue weighted by atomic mass is 9.94. The van der Waals surface area contributed by atoms with Crippen LogP contribution in [-0.4, -0.2) is 5.78 Å². The van der Waals surface area contributed by atoms with E-state index >= 15 is 0 Å². The molecule has 1 fully saturated rings. The Kier molecular flexibility index (Phi) is 2.04. The van der Waals surface area contributed by atoms with E-state index in [4.69, 9.17) is 0 Å². The van der Waals surface area contributed by atoms with Gasteiger partial charge >= 0.3 is 0 Å². The fourth-order valence-electron chi connectivity index (χ4n) is 1.19. The van der Waals surface area contributed by atoms with Gasteiger partial charge in [-0.25, -0.2) is 0 Å². The smallest absolute Gasteiger partial charge is 0.136 e. The van der Waals surface area contributed by atoms with Crippen molar-refractivity contribution in [1.82, 2.24) is 0 Å². The number of ketones is 1. The molecule has 0 N–H and O–H groups in total. The molecule has 50 valence electrons. The van der Waals surface area contributed by atoms with E-state index in [0.29, 0.717) is 5.78 Å². The van der Waals surface area contributed by atoms with E-state index in [0.717, 1.165) is 25.7 Å². The molecule has 0 spiro atoms. The molecule has 0 saturated heterocycles. The summed E-state index contributed by atoms with van der Waals surface area (Å²) in [4.78, 5) is 10.8. The van der Waals surface area contributed by atoms with Gasteiger partial charge in [0, 0.05) is 12.8 Å². The first-order chi connectivity index (χ1) is 4.33. The zero-order valence-electron chi connectivity index (χ0n) is 5.81. The van der Waals surface area contributed by atoms with Gasteiger partial charge in [0.2, 0.25) is 0 Å². The highest BCUT2D eigenvalue weighted by Gasteiger charge is 2.10. The normalized spacial score (nSPS) is 25.0. The summed E-state index contributed by atoms with van der Waals surface area (Å²) in [7, 11) is 0. The number of Topliss-reactive ketones (excluding diaryl/α,β-unsaturated/α-hetero) is 1. The van der Waals surface area contributed by atoms with Gasteiger partial charge in [-0.2, -0.15) is 0 Å². The molecule has 0 heterocycles. The average molecular weight is 124 g/mol. The Labute approximate surface area is 55.8 Å². The minimum Gasteiger partial charge on any atom is -0.299 e. The fourth-order valence-corrected chi connectivity index (χ4v) is 1.19. The molecule has 0 bridgehead atoms. The van der Waals surface area contributed by atoms with Gasteiger partial charge in [0.25, 0.3) is 0 Å². The largest absolute Gasteiger partial charge is 0.299 e. The van der Waals surface area contributed by atoms with Crippen molar-refractivity contribution in [3.8, 4) is 0 Å². The van der Waals surface area contributed by atoms with Crippen molar-refractivity contribution in [3.63, 3.8) is 0 Å². The number of carbonyl (C=O) groups excluding carboxylic acids is 1. The molecule has 9 heavy (non-hydrogen) atoms. The highest BCUT2D eigenvalue weighted by molar-refractivity contribution is 5.81. The molecule has 0 aliphatic heterocycles. The average Bonchev–Trinajstić information content (AvgIpc) is 1.88. The summed E-state index contributed by atoms with van der Waals surface area (Å²) in [5, 5.41) is 0. The van der Waals surface area contributed by atoms with Crippen molar-refractivity contribution in [2.75, 3.05) is 0 Å². The Balaban J connectivity index is 2.51. The van der Waals surface area contributed by atoms with E-state index in [1.54, 1.807) is 0 Å². The SMILES string of the molecule is C/C=C1\CCCC(=O)C1. The van der Waals surface area contributed by atoms with Crippen molar-refractivity contribution in [3.05, 3.63) is 11.6 Å². The molecule has 0 amide bonds. The van der Waals surface area contributed by atoms with Gasteiger partial charge in [-0.05, 0) is 19.8 Å². The summed E-state index contributed by atoms with van der Waals surface area (Å²) >= 11 is 0. The molecule has 0 aromatic rings. The Morgan fingerprint density at radius 2 is 2.22 bits per heavy atom. The molecule has 1 nitrogen and oxygen atoms in total. The lowest BCUT2D eigenvalue weighted by Gasteiger charge is -2.11. The van der Waals surface area contributed by atoms with Crippen LogP contribution in [0.1, 0.15) is 32.6 Å². The number of rotatable bonds is 0. The number of hydrogen-bond acceptors (Lipinski definition) is 1. The first-order valence-electron chi connectivity index (χ1n) is 3.48. The predicted molar refractivity (Wildman–Crippen MR) is 37.2 cm³/mol. The third-order valence-electron chi connectivity index (χ3n) is 1.79. The fraction of sp³-hybridized carbons (Fsp3) is 0.625. The topological polar surface area (TPSA) is 17.1 Å². The first-order valence-corrected chi connectivity index (χ1v) is 3.48. The summed E-state index contributed by atoms with van der Waals surface area (Å²) in [6.45, 7) is 2.01. The van der Waals surface area contributed by atoms with Gasteiger partial charge in [-0.1, -0.05) is 11.6 Å². The van der Waals surface area contributed by atoms with Crippen molar-refractivity contribution in [1.29, 1.82) is 0 Å². The maximum atomic E-state index is 10.8. The predicted octanol–water partition coefficient (Wildman–Crippen LogP) is 2.08. The summed E-state index contributed by atoms with van der Waals surface area (Å²) in [6.07, 6.45) is 5.80. The van der Waals surface area contributed by atoms with Crippen LogP contribution in [0.5, 0.6) is 0 Å². The van der Waals surface area contributed by atoms with E-state index in [-0.39, 0.29) is 0 Å². The maximum Gasteiger partial charge on any atom is 0.136 e. The second kappa shape index (κ2) is 2.81. The molecule has 1 heteroatoms. The van der Waals surface area contributed by atoms with Crippen molar-refractivity contribution in [2.45, 2.75) is 32.6 Å². The summed E-state index contributed by atoms with van der Waals surface area (Å²) in [5.74, 6) is 0.411. The Morgan fingerprint density at radius 1 is 1.44 bits per heavy atom. The Morgan fingerprint density at radius 3 is 2.67 bits per heavy atom. The quantitative estimate of drug-likeness (QED) is 0.452. The molecule has 0 aromatic heterocycles. The number of hydrogen-bond donors (Lipinski definition) is 0. The molecule has 1 rings (SSSR count). The molecular weight excluding hydrogens is 112 g/mol. The third-order valence-corrected chi connectivity index (χ3v) is 1.79. The molecular formula is C8H12O. The lowest BCUT2D eigenvalue weighted by molar-refractivity contribution is -0.119. The van der Waals surface area contributed by atoms with Crippen LogP contribution >= 0.6 is 0 Å². The highest BCUT2D eigenvalue weighted by atomic mass is 16.1. The van der Waals surface area contributed by atoms with Gasteiger partial charge in [-0.15, -0.1) is 0 Å². The van der Waals surface area contributed by atoms with Crippen molar-refractivity contribution < 1.29 is 4.79 Å². The van der Waals surface area contributed by atoms with E-state index in [1.165, 1.54) is 5.57 Å². The van der Waals surface area contributed by atoms with Crippen LogP contribution in [0.15, 0.2) is 11.6 Å². The monoisotopic (exact) mass is 124 g/mol. The maximum absolute atomic E-state index is 10.8. The summed E-state index contributed by atoms with van der Waals surface area (Å²) in [6, 6.07) is 0. The Bertz CT molecular complexity index is 145. The number of carbonyl (C=O) groups is 1. The molecule has 1 saturated carbocycles. The molecule has 0 aromatic carbocycles. The van der Waals surface area contributed by atoms with Crippen molar-refractivity contribution >= 4 is 5.78 Å². The minimum atomic E-state index is 0.411. The Hall–Kier alpha value is -0.590. The van der Waals surface area contributed by atoms with E-state index in [9.17, 15) is 4.79 Å². The zero-order valence-corrected chi connectivity index (χ0v) is 5.81. The first kappa shape index (κ1) is 6.53. The van der Waals surface area contributed by atoms with Crippen LogP contribution in [-0.2, 0) is 4.79 Å². The summed E-state index contributed by atoms with van der Waals surface area (Å²) in [5.41, 5.74) is 1.33. The van der Waals surface area contributed by atoms with E-state index in [2.05, 4.69) is 6.08 Å². The van der Waals surface area contributed by atoms with Gasteiger partial charge in [0.05, 0.1) is 0 Å². The second-order valence-corrected chi connectivity index (χ2v) is 2.52. The highest BCUT2D eigenvalue weighted by Crippen LogP contribution is 2.19. The van der Waals surface area contributed by atoms with Gasteiger partial charge in [-0.3, -0.25) is 4.79 Å². The zero-order chi connectivity index (χ0) is 6.69. The molecule has 1 aliphatic carbocycles. The lowest BCUT2D eigenvalue weighted by Crippen LogP contribution is -2.05. The van der Waals surface area contributed by atoms with Crippen LogP contribution in [0.3, 0.4) is 0 Å². The standard InChI is InChI=1S/C8H12O/c1-2-7-4-3-5-8(9)6-7/h2H,3-6H2,1H3/b7-2+. The van der Waals surface area contributed by atoms with E-state index < -0.39 is 0 Å². The molecule has 1 aliphatic rings. The van der Waals surface area contributed by atoms with Gasteiger partial charge in [0.15, 0.2) is 0 Å². The third kappa shape index (κ3) is 1.67. The molecule has 0 atom stereocenters. The summed E-state index contributed by atoms with van der Waals surface area (Å²) < 4.78 is 0. The van der Waals surface area contributed by atoms with Crippen LogP contribution < -0.4 is 0 Å². The van der Waals surface area contributed by atoms with Gasteiger partial charge < -0.3 is 0 Å². The molecule has 0 radical (unpaired) electrons. The second-order valence-electron chi connectivity index (χ2n) is 2.52. The van der Waals surface area contributed by atoms with Crippen LogP contribution in [0.25, 0.3) is 0 Å². The van der Waals surface area contributed by atoms with Crippen LogP contribution in [0.4, 0.5) is 0 Å². The van der Waals surface area contributed by atoms with Crippen LogP contribution in [0, 0.1) is 0 Å². The van der Waals surface area contributed by atoms with Gasteiger partial charge in [0.1, 0.15) is 5.78 Å². The minimum absolute atomic E-state index is 0.411. The van der Waals surface area contributed by atoms with Crippen molar-refractivity contribution in [2.24, 2.45) is 0 Å².